The van der Waals surface area contributed by atoms with Crippen LogP contribution in [-0.2, 0) is 10.0 Å². The van der Waals surface area contributed by atoms with Gasteiger partial charge in [0.15, 0.2) is 5.69 Å². The first kappa shape index (κ1) is 13.5. The molecule has 0 amide bonds. The van der Waals surface area contributed by atoms with Crippen LogP contribution in [-0.4, -0.2) is 31.5 Å². The number of carboxylic acids is 1. The summed E-state index contributed by atoms with van der Waals surface area (Å²) in [5.41, 5.74) is -0.203. The molecular weight excluding hydrogens is 288 g/mol. The number of pyridine rings is 1. The summed E-state index contributed by atoms with van der Waals surface area (Å²) in [6.45, 7) is 0. The fraction of sp³-hybridized carbons (Fsp3) is 0.0909. The lowest BCUT2D eigenvalue weighted by atomic mass is 10.3. The zero-order chi connectivity index (χ0) is 14.0. The number of thiophene rings is 1. The maximum absolute atomic E-state index is 12.2. The lowest BCUT2D eigenvalue weighted by Crippen LogP contribution is -2.27. The van der Waals surface area contributed by atoms with Crippen LogP contribution in [0.15, 0.2) is 39.9 Å². The van der Waals surface area contributed by atoms with Crippen molar-refractivity contribution in [3.8, 4) is 0 Å². The number of anilines is 1. The predicted molar refractivity (Wildman–Crippen MR) is 71.1 cm³/mol. The average molecular weight is 298 g/mol. The van der Waals surface area contributed by atoms with Crippen molar-refractivity contribution in [1.82, 2.24) is 4.98 Å². The molecule has 0 fully saturated rings. The molecule has 6 nitrogen and oxygen atoms in total. The molecule has 1 N–H and O–H groups in total. The third-order valence-corrected chi connectivity index (χ3v) is 5.52. The Morgan fingerprint density at radius 1 is 1.32 bits per heavy atom. The quantitative estimate of drug-likeness (QED) is 0.927. The van der Waals surface area contributed by atoms with E-state index >= 15 is 0 Å². The van der Waals surface area contributed by atoms with Gasteiger partial charge in [0, 0.05) is 7.05 Å². The van der Waals surface area contributed by atoms with Crippen LogP contribution >= 0.6 is 11.3 Å². The van der Waals surface area contributed by atoms with Crippen LogP contribution in [0.2, 0.25) is 0 Å². The first-order chi connectivity index (χ1) is 8.93. The van der Waals surface area contributed by atoms with Crippen LogP contribution in [0.5, 0.6) is 0 Å². The van der Waals surface area contributed by atoms with Gasteiger partial charge in [-0.15, -0.1) is 11.3 Å². The lowest BCUT2D eigenvalue weighted by Gasteiger charge is -2.17. The van der Waals surface area contributed by atoms with E-state index in [0.29, 0.717) is 0 Å². The van der Waals surface area contributed by atoms with Crippen LogP contribution in [0.25, 0.3) is 0 Å². The van der Waals surface area contributed by atoms with E-state index in [1.807, 2.05) is 0 Å². The molecular formula is C11H10N2O4S2. The Labute approximate surface area is 114 Å². The molecule has 0 aromatic carbocycles. The summed E-state index contributed by atoms with van der Waals surface area (Å²) in [4.78, 5) is 14.6. The van der Waals surface area contributed by atoms with Crippen LogP contribution in [0, 0.1) is 0 Å². The molecule has 8 heteroatoms. The highest BCUT2D eigenvalue weighted by atomic mass is 32.2. The fourth-order valence-electron chi connectivity index (χ4n) is 1.39. The summed E-state index contributed by atoms with van der Waals surface area (Å²) in [7, 11) is -2.36. The highest BCUT2D eigenvalue weighted by molar-refractivity contribution is 7.94. The summed E-state index contributed by atoms with van der Waals surface area (Å²) < 4.78 is 25.6. The van der Waals surface area contributed by atoms with E-state index in [1.54, 1.807) is 11.4 Å². The van der Waals surface area contributed by atoms with Crippen LogP contribution < -0.4 is 4.31 Å². The largest absolute Gasteiger partial charge is 0.477 e. The molecule has 2 rings (SSSR count). The monoisotopic (exact) mass is 298 g/mol. The Kier molecular flexibility index (Phi) is 3.54. The van der Waals surface area contributed by atoms with E-state index < -0.39 is 16.0 Å². The highest BCUT2D eigenvalue weighted by Gasteiger charge is 2.23. The third-order valence-electron chi connectivity index (χ3n) is 2.39. The first-order valence-electron chi connectivity index (χ1n) is 5.15. The molecule has 0 aliphatic carbocycles. The maximum atomic E-state index is 12.2. The van der Waals surface area contributed by atoms with Crippen molar-refractivity contribution in [2.24, 2.45) is 0 Å². The molecule has 0 bridgehead atoms. The summed E-state index contributed by atoms with van der Waals surface area (Å²) >= 11 is 1.09. The number of aromatic carboxylic acids is 1. The van der Waals surface area contributed by atoms with Crippen molar-refractivity contribution < 1.29 is 18.3 Å². The molecule has 100 valence electrons. The minimum Gasteiger partial charge on any atom is -0.477 e. The molecule has 0 spiro atoms. The zero-order valence-corrected chi connectivity index (χ0v) is 11.5. The summed E-state index contributed by atoms with van der Waals surface area (Å²) in [6.07, 6.45) is 0. The summed E-state index contributed by atoms with van der Waals surface area (Å²) in [5.74, 6) is -1.14. The normalized spacial score (nSPS) is 11.2. The number of aromatic nitrogens is 1. The second-order valence-corrected chi connectivity index (χ2v) is 6.73. The predicted octanol–water partition coefficient (Wildman–Crippen LogP) is 1.67. The molecule has 0 saturated heterocycles. The van der Waals surface area contributed by atoms with Crippen molar-refractivity contribution in [2.45, 2.75) is 4.21 Å². The van der Waals surface area contributed by atoms with E-state index in [-0.39, 0.29) is 15.7 Å². The molecule has 19 heavy (non-hydrogen) atoms. The second-order valence-electron chi connectivity index (χ2n) is 3.59. The Hall–Kier alpha value is -1.93. The molecule has 0 unspecified atom stereocenters. The number of sulfonamides is 1. The number of carboxylic acid groups (broad SMARTS) is 1. The molecule has 0 aliphatic rings. The SMILES string of the molecule is CN(c1cccc(C(=O)O)n1)S(=O)(=O)c1cccs1. The topological polar surface area (TPSA) is 87.6 Å². The maximum Gasteiger partial charge on any atom is 0.354 e. The van der Waals surface area contributed by atoms with Crippen molar-refractivity contribution in [3.63, 3.8) is 0 Å². The number of hydrogen-bond donors (Lipinski definition) is 1. The molecule has 2 aromatic heterocycles. The van der Waals surface area contributed by atoms with Crippen LogP contribution in [0.3, 0.4) is 0 Å². The molecule has 0 radical (unpaired) electrons. The highest BCUT2D eigenvalue weighted by Crippen LogP contribution is 2.23. The minimum atomic E-state index is -3.69. The molecule has 2 heterocycles. The average Bonchev–Trinajstić information content (AvgIpc) is 2.92. The minimum absolute atomic E-state index is 0.0632. The fourth-order valence-corrected chi connectivity index (χ4v) is 3.69. The second kappa shape index (κ2) is 4.98. The van der Waals surface area contributed by atoms with E-state index in [2.05, 4.69) is 4.98 Å². The number of nitrogens with zero attached hydrogens (tertiary/aromatic N) is 2. The summed E-state index contributed by atoms with van der Waals surface area (Å²) in [5, 5.41) is 10.5. The van der Waals surface area contributed by atoms with Crippen LogP contribution in [0.4, 0.5) is 5.82 Å². The van der Waals surface area contributed by atoms with Gasteiger partial charge >= 0.3 is 5.97 Å². The van der Waals surface area contributed by atoms with Gasteiger partial charge in [-0.25, -0.2) is 18.2 Å². The van der Waals surface area contributed by atoms with Gasteiger partial charge in [-0.3, -0.25) is 4.31 Å². The Balaban J connectivity index is 2.42. The van der Waals surface area contributed by atoms with Gasteiger partial charge in [0.1, 0.15) is 10.0 Å². The number of rotatable bonds is 4. The van der Waals surface area contributed by atoms with E-state index in [9.17, 15) is 13.2 Å². The van der Waals surface area contributed by atoms with Crippen molar-refractivity contribution in [2.75, 3.05) is 11.4 Å². The van der Waals surface area contributed by atoms with E-state index in [1.165, 1.54) is 31.3 Å². The van der Waals surface area contributed by atoms with Gasteiger partial charge in [-0.1, -0.05) is 12.1 Å². The van der Waals surface area contributed by atoms with Gasteiger partial charge in [0.2, 0.25) is 0 Å². The van der Waals surface area contributed by atoms with E-state index in [4.69, 9.17) is 5.11 Å². The first-order valence-corrected chi connectivity index (χ1v) is 7.47. The smallest absolute Gasteiger partial charge is 0.354 e. The van der Waals surface area contributed by atoms with Crippen LogP contribution in [0.1, 0.15) is 10.5 Å². The Bertz CT molecular complexity index is 695. The Morgan fingerprint density at radius 3 is 2.63 bits per heavy atom. The van der Waals surface area contributed by atoms with Gasteiger partial charge in [0.25, 0.3) is 10.0 Å². The van der Waals surface area contributed by atoms with Crippen molar-refractivity contribution in [1.29, 1.82) is 0 Å². The number of hydrogen-bond acceptors (Lipinski definition) is 5. The van der Waals surface area contributed by atoms with E-state index in [0.717, 1.165) is 15.6 Å². The van der Waals surface area contributed by atoms with Crippen molar-refractivity contribution >= 4 is 33.1 Å². The molecule has 0 saturated carbocycles. The van der Waals surface area contributed by atoms with Crippen molar-refractivity contribution in [3.05, 3.63) is 41.4 Å². The van der Waals surface area contributed by atoms with Gasteiger partial charge in [-0.2, -0.15) is 0 Å². The van der Waals surface area contributed by atoms with Gasteiger partial charge in [-0.05, 0) is 23.6 Å². The summed E-state index contributed by atoms with van der Waals surface area (Å²) in [6, 6.07) is 7.31. The van der Waals surface area contributed by atoms with Gasteiger partial charge < -0.3 is 5.11 Å². The molecule has 2 aromatic rings. The van der Waals surface area contributed by atoms with Gasteiger partial charge in [0.05, 0.1) is 0 Å². The lowest BCUT2D eigenvalue weighted by molar-refractivity contribution is 0.0690. The third kappa shape index (κ3) is 2.59. The zero-order valence-electron chi connectivity index (χ0n) is 9.85. The molecule has 0 atom stereocenters. The Morgan fingerprint density at radius 2 is 2.05 bits per heavy atom. The standard InChI is InChI=1S/C11H10N2O4S2/c1-13(19(16,17)10-6-3-7-18-10)9-5-2-4-8(12-9)11(14)15/h2-7H,1H3,(H,14,15). The molecule has 0 aliphatic heterocycles. The number of carbonyl (C=O) groups is 1.